The minimum Gasteiger partial charge on any atom is -0.460 e. The molecule has 0 aromatic heterocycles. The number of carbonyl (C=O) groups excluding carboxylic acids is 11. The first-order valence-corrected chi connectivity index (χ1v) is 30.9. The highest BCUT2D eigenvalue weighted by atomic mass is 16.7. The molecule has 0 radical (unpaired) electrons. The molecule has 2 heterocycles. The van der Waals surface area contributed by atoms with Gasteiger partial charge in [0.1, 0.15) is 28.9 Å². The SMILES string of the molecule is CC(C)(C)OC(=O)CCCCCCCCCCCCCCC(=O)N[C@@H](CCC(=O)ON1C(=O)CC=C1OC(=O)CCCCCCCCCCCCCCC(=O)N[C@@H](CCC(=O)ON1C(=O)CCC1=O)C(=O)OC(C)(C)C)C(=O)OC(C)(C)C. The van der Waals surface area contributed by atoms with Crippen LogP contribution >= 0.6 is 0 Å². The zero-order valence-electron chi connectivity index (χ0n) is 51.8. The topological polar surface area (TPSA) is 274 Å². The molecule has 21 nitrogen and oxygen atoms in total. The molecule has 2 atom stereocenters. The molecule has 2 aliphatic rings. The molecule has 1 fully saturated rings. The number of amides is 5. The smallest absolute Gasteiger partial charge is 0.333 e. The van der Waals surface area contributed by atoms with Gasteiger partial charge in [0.15, 0.2) is 0 Å². The Hall–Kier alpha value is -5.89. The van der Waals surface area contributed by atoms with Crippen molar-refractivity contribution in [3.8, 4) is 0 Å². The maximum absolute atomic E-state index is 13.1. The Morgan fingerprint density at radius 3 is 1.06 bits per heavy atom. The Bertz CT molecular complexity index is 2100. The van der Waals surface area contributed by atoms with E-state index in [1.807, 2.05) is 20.8 Å². The summed E-state index contributed by atoms with van der Waals surface area (Å²) in [7, 11) is 0. The van der Waals surface area contributed by atoms with E-state index in [9.17, 15) is 52.7 Å². The molecule has 0 aliphatic carbocycles. The summed E-state index contributed by atoms with van der Waals surface area (Å²) in [5.74, 6) is -6.50. The molecule has 2 rings (SSSR count). The van der Waals surface area contributed by atoms with Crippen molar-refractivity contribution in [3.05, 3.63) is 12.0 Å². The third-order valence-corrected chi connectivity index (χ3v) is 13.3. The van der Waals surface area contributed by atoms with Crippen LogP contribution in [0.5, 0.6) is 0 Å². The molecule has 0 saturated carbocycles. The van der Waals surface area contributed by atoms with E-state index < -0.39 is 76.5 Å². The van der Waals surface area contributed by atoms with E-state index in [4.69, 9.17) is 28.6 Å². The summed E-state index contributed by atoms with van der Waals surface area (Å²) in [4.78, 5) is 148. The number of hydrogen-bond donors (Lipinski definition) is 2. The van der Waals surface area contributed by atoms with Crippen LogP contribution in [0.25, 0.3) is 0 Å². The van der Waals surface area contributed by atoms with E-state index >= 15 is 0 Å². The van der Waals surface area contributed by atoms with Gasteiger partial charge in [0.05, 0.1) is 19.3 Å². The molecule has 0 spiro atoms. The zero-order valence-corrected chi connectivity index (χ0v) is 51.8. The van der Waals surface area contributed by atoms with Gasteiger partial charge in [-0.15, -0.1) is 10.1 Å². The summed E-state index contributed by atoms with van der Waals surface area (Å²) in [5.41, 5.74) is -2.11. The van der Waals surface area contributed by atoms with Crippen LogP contribution in [0.15, 0.2) is 12.0 Å². The summed E-state index contributed by atoms with van der Waals surface area (Å²) in [5, 5.41) is 6.49. The number of nitrogens with one attached hydrogen (secondary N) is 2. The van der Waals surface area contributed by atoms with E-state index in [0.29, 0.717) is 35.8 Å². The van der Waals surface area contributed by atoms with Crippen molar-refractivity contribution in [2.45, 2.75) is 316 Å². The first-order valence-electron chi connectivity index (χ1n) is 30.9. The van der Waals surface area contributed by atoms with Crippen LogP contribution in [-0.2, 0) is 81.4 Å². The van der Waals surface area contributed by atoms with Crippen molar-refractivity contribution < 1.29 is 81.4 Å². The number of unbranched alkanes of at least 4 members (excludes halogenated alkanes) is 22. The van der Waals surface area contributed by atoms with E-state index in [0.717, 1.165) is 122 Å². The van der Waals surface area contributed by atoms with Crippen molar-refractivity contribution >= 4 is 65.4 Å². The first kappa shape index (κ1) is 73.2. The molecule has 1 saturated heterocycles. The van der Waals surface area contributed by atoms with Crippen LogP contribution in [-0.4, -0.2) is 104 Å². The highest BCUT2D eigenvalue weighted by molar-refractivity contribution is 6.01. The van der Waals surface area contributed by atoms with E-state index in [1.54, 1.807) is 41.5 Å². The number of esters is 4. The number of imide groups is 1. The van der Waals surface area contributed by atoms with Gasteiger partial charge in [-0.2, -0.15) is 0 Å². The molecule has 0 aromatic carbocycles. The average molecular weight is 1180 g/mol. The number of carbonyl (C=O) groups is 11. The second kappa shape index (κ2) is 39.6. The second-order valence-electron chi connectivity index (χ2n) is 24.9. The lowest BCUT2D eigenvalue weighted by molar-refractivity contribution is -0.198. The monoisotopic (exact) mass is 1170 g/mol. The van der Waals surface area contributed by atoms with E-state index in [2.05, 4.69) is 10.6 Å². The first-order chi connectivity index (χ1) is 39.1. The van der Waals surface area contributed by atoms with Gasteiger partial charge >= 0.3 is 35.8 Å². The predicted molar refractivity (Wildman–Crippen MR) is 308 cm³/mol. The van der Waals surface area contributed by atoms with Gasteiger partial charge in [0.2, 0.25) is 17.7 Å². The number of ether oxygens (including phenoxy) is 4. The second-order valence-corrected chi connectivity index (χ2v) is 24.9. The van der Waals surface area contributed by atoms with Gasteiger partial charge in [-0.1, -0.05) is 128 Å². The summed E-state index contributed by atoms with van der Waals surface area (Å²) in [6.45, 7) is 15.8. The molecule has 0 aromatic rings. The van der Waals surface area contributed by atoms with Gasteiger partial charge in [0, 0.05) is 38.5 Å². The minimum absolute atomic E-state index is 0.0404. The molecule has 0 bridgehead atoms. The van der Waals surface area contributed by atoms with E-state index in [-0.39, 0.29) is 87.9 Å². The summed E-state index contributed by atoms with van der Waals surface area (Å²) in [6, 6.07) is -2.23. The third kappa shape index (κ3) is 36.4. The minimum atomic E-state index is -1.12. The molecule has 21 heteroatoms. The Balaban J connectivity index is 1.58. The Morgan fingerprint density at radius 2 is 0.711 bits per heavy atom. The fourth-order valence-electron chi connectivity index (χ4n) is 9.10. The molecule has 2 N–H and O–H groups in total. The molecule has 83 heavy (non-hydrogen) atoms. The number of hydroxylamine groups is 4. The average Bonchev–Trinajstić information content (AvgIpc) is 4.14. The van der Waals surface area contributed by atoms with Crippen molar-refractivity contribution in [3.63, 3.8) is 0 Å². The fraction of sp³-hybridized carbons (Fsp3) is 0.790. The van der Waals surface area contributed by atoms with Gasteiger partial charge in [-0.25, -0.2) is 19.2 Å². The van der Waals surface area contributed by atoms with Crippen molar-refractivity contribution in [1.82, 2.24) is 20.8 Å². The van der Waals surface area contributed by atoms with Gasteiger partial charge in [-0.05, 0) is 107 Å². The zero-order chi connectivity index (χ0) is 61.9. The van der Waals surface area contributed by atoms with Crippen LogP contribution in [0, 0.1) is 0 Å². The maximum Gasteiger partial charge on any atom is 0.333 e. The highest BCUT2D eigenvalue weighted by Crippen LogP contribution is 2.23. The van der Waals surface area contributed by atoms with Crippen LogP contribution in [0.2, 0.25) is 0 Å². The van der Waals surface area contributed by atoms with Crippen LogP contribution in [0.1, 0.15) is 287 Å². The quantitative estimate of drug-likeness (QED) is 0.0248. The Morgan fingerprint density at radius 1 is 0.398 bits per heavy atom. The molecule has 0 unspecified atom stereocenters. The Labute approximate surface area is 493 Å². The number of nitrogens with zero attached hydrogens (tertiary/aromatic N) is 2. The lowest BCUT2D eigenvalue weighted by Crippen LogP contribution is -2.44. The van der Waals surface area contributed by atoms with Gasteiger partial charge in [0.25, 0.3) is 17.7 Å². The third-order valence-electron chi connectivity index (χ3n) is 13.3. The predicted octanol–water partition coefficient (Wildman–Crippen LogP) is 11.1. The van der Waals surface area contributed by atoms with Crippen molar-refractivity contribution in [1.29, 1.82) is 0 Å². The normalized spacial score (nSPS) is 14.4. The largest absolute Gasteiger partial charge is 0.460 e. The Kier molecular flexibility index (Phi) is 34.9. The summed E-state index contributed by atoms with van der Waals surface area (Å²) < 4.78 is 21.7. The summed E-state index contributed by atoms with van der Waals surface area (Å²) in [6.07, 6.45) is 24.7. The molecule has 2 aliphatic heterocycles. The van der Waals surface area contributed by atoms with Crippen molar-refractivity contribution in [2.75, 3.05) is 0 Å². The molecular formula is C62H102N4O17. The number of hydrogen-bond acceptors (Lipinski definition) is 17. The lowest BCUT2D eigenvalue weighted by Gasteiger charge is -2.24. The summed E-state index contributed by atoms with van der Waals surface area (Å²) >= 11 is 0. The highest BCUT2D eigenvalue weighted by Gasteiger charge is 2.35. The van der Waals surface area contributed by atoms with Gasteiger partial charge < -0.3 is 39.3 Å². The molecule has 472 valence electrons. The standard InChI is InChI=1S/C62H102N4O17/c1-60(2,3)79-55(73)37-33-29-25-21-17-13-11-15-19-23-27-31-35-49(68)64-47(59(77)81-62(7,8)9)39-45-57(75)83-66-52(71)42-43-53(66)78-54(72)36-32-28-24-20-16-12-10-14-18-22-26-30-34-48(67)63-46(58(76)80-61(4,5)6)38-44-56(74)82-65-50(69)40-41-51(65)70/h43,46-47H,10-42,44-45H2,1-9H3,(H,63,67)(H,64,68)/t46-,47-/m0/s1. The number of rotatable bonds is 43. The molecular weight excluding hydrogens is 1070 g/mol. The maximum atomic E-state index is 13.1. The van der Waals surface area contributed by atoms with Crippen LogP contribution < -0.4 is 10.6 Å². The molecule has 5 amide bonds. The van der Waals surface area contributed by atoms with E-state index in [1.165, 1.54) is 18.9 Å². The van der Waals surface area contributed by atoms with Gasteiger partial charge in [-0.3, -0.25) is 33.6 Å². The van der Waals surface area contributed by atoms with Crippen LogP contribution in [0.3, 0.4) is 0 Å². The fourth-order valence-corrected chi connectivity index (χ4v) is 9.10. The van der Waals surface area contributed by atoms with Crippen molar-refractivity contribution in [2.24, 2.45) is 0 Å². The van der Waals surface area contributed by atoms with Crippen LogP contribution in [0.4, 0.5) is 0 Å². The lowest BCUT2D eigenvalue weighted by atomic mass is 10.0.